The SMILES string of the molecule is CO[C@H]1O[C@H]([C@@H]2COC(C)(C)N2C(=O)OC(C)(C)C)C[C@@](O)([C@H](COC(C)=O)OC(C)=O)[C@H]1OC(C)=O. The molecule has 6 atom stereocenters. The summed E-state index contributed by atoms with van der Waals surface area (Å²) >= 11 is 0. The van der Waals surface area contributed by atoms with Crippen molar-refractivity contribution in [2.75, 3.05) is 20.3 Å². The highest BCUT2D eigenvalue weighted by Gasteiger charge is 2.61. The first-order valence-corrected chi connectivity index (χ1v) is 12.0. The lowest BCUT2D eigenvalue weighted by Gasteiger charge is -2.50. The van der Waals surface area contributed by atoms with E-state index in [2.05, 4.69) is 0 Å². The van der Waals surface area contributed by atoms with E-state index in [4.69, 9.17) is 33.2 Å². The van der Waals surface area contributed by atoms with Gasteiger partial charge in [-0.3, -0.25) is 19.3 Å². The molecule has 0 aromatic rings. The van der Waals surface area contributed by atoms with Crippen LogP contribution in [-0.2, 0) is 47.5 Å². The van der Waals surface area contributed by atoms with E-state index in [1.807, 2.05) is 0 Å². The van der Waals surface area contributed by atoms with Crippen LogP contribution >= 0.6 is 0 Å². The van der Waals surface area contributed by atoms with Crippen LogP contribution in [0.15, 0.2) is 0 Å². The van der Waals surface area contributed by atoms with Crippen LogP contribution in [0.25, 0.3) is 0 Å². The second-order valence-electron chi connectivity index (χ2n) is 10.6. The van der Waals surface area contributed by atoms with Crippen LogP contribution in [0.5, 0.6) is 0 Å². The Balaban J connectivity index is 2.53. The number of carbonyl (C=O) groups excluding carboxylic acids is 4. The summed E-state index contributed by atoms with van der Waals surface area (Å²) in [6.07, 6.45) is -6.23. The third kappa shape index (κ3) is 7.53. The van der Waals surface area contributed by atoms with Gasteiger partial charge in [0.25, 0.3) is 0 Å². The zero-order valence-electron chi connectivity index (χ0n) is 22.9. The maximum Gasteiger partial charge on any atom is 0.412 e. The van der Waals surface area contributed by atoms with E-state index in [1.165, 1.54) is 12.0 Å². The minimum absolute atomic E-state index is 0.0177. The second-order valence-corrected chi connectivity index (χ2v) is 10.6. The Hall–Kier alpha value is -2.48. The Bertz CT molecular complexity index is 868. The molecule has 1 N–H and O–H groups in total. The summed E-state index contributed by atoms with van der Waals surface area (Å²) in [6, 6.07) is -0.779. The van der Waals surface area contributed by atoms with Gasteiger partial charge >= 0.3 is 24.0 Å². The average Bonchev–Trinajstić information content (AvgIpc) is 3.05. The Labute approximate surface area is 216 Å². The molecule has 1 amide bonds. The van der Waals surface area contributed by atoms with Crippen molar-refractivity contribution >= 4 is 24.0 Å². The highest BCUT2D eigenvalue weighted by molar-refractivity contribution is 5.70. The van der Waals surface area contributed by atoms with Gasteiger partial charge in [0.15, 0.2) is 18.5 Å². The third-order valence-corrected chi connectivity index (χ3v) is 5.94. The first-order chi connectivity index (χ1) is 16.9. The molecule has 37 heavy (non-hydrogen) atoms. The minimum Gasteiger partial charge on any atom is -0.462 e. The summed E-state index contributed by atoms with van der Waals surface area (Å²) in [5, 5.41) is 12.0. The van der Waals surface area contributed by atoms with Crippen molar-refractivity contribution < 1.29 is 57.4 Å². The predicted molar refractivity (Wildman–Crippen MR) is 125 cm³/mol. The minimum atomic E-state index is -2.15. The molecule has 2 heterocycles. The number of esters is 3. The first-order valence-electron chi connectivity index (χ1n) is 12.0. The number of hydrogen-bond acceptors (Lipinski definition) is 12. The molecule has 0 unspecified atom stereocenters. The summed E-state index contributed by atoms with van der Waals surface area (Å²) in [7, 11) is 1.28. The van der Waals surface area contributed by atoms with Gasteiger partial charge in [0.2, 0.25) is 0 Å². The first kappa shape index (κ1) is 30.7. The lowest BCUT2D eigenvalue weighted by atomic mass is 9.80. The fourth-order valence-electron chi connectivity index (χ4n) is 4.47. The number of rotatable bonds is 7. The molecule has 2 saturated heterocycles. The molecule has 0 aliphatic carbocycles. The monoisotopic (exact) mass is 533 g/mol. The molecule has 212 valence electrons. The average molecular weight is 534 g/mol. The summed E-state index contributed by atoms with van der Waals surface area (Å²) < 4.78 is 38.7. The number of ether oxygens (including phenoxy) is 7. The normalized spacial score (nSPS) is 30.3. The third-order valence-electron chi connectivity index (χ3n) is 5.94. The van der Waals surface area contributed by atoms with Crippen LogP contribution in [0.4, 0.5) is 4.79 Å². The number of methoxy groups -OCH3 is 1. The molecule has 2 fully saturated rings. The van der Waals surface area contributed by atoms with Crippen LogP contribution < -0.4 is 0 Å². The molecule has 0 bridgehead atoms. The molecule has 0 aromatic heterocycles. The van der Waals surface area contributed by atoms with Crippen molar-refractivity contribution in [3.63, 3.8) is 0 Å². The van der Waals surface area contributed by atoms with Crippen molar-refractivity contribution in [1.82, 2.24) is 4.90 Å². The van der Waals surface area contributed by atoms with Crippen LogP contribution in [0.2, 0.25) is 0 Å². The highest BCUT2D eigenvalue weighted by Crippen LogP contribution is 2.41. The second kappa shape index (κ2) is 11.5. The van der Waals surface area contributed by atoms with Gasteiger partial charge in [-0.15, -0.1) is 0 Å². The molecule has 2 aliphatic rings. The Morgan fingerprint density at radius 1 is 1.08 bits per heavy atom. The number of carbonyl (C=O) groups is 4. The van der Waals surface area contributed by atoms with Gasteiger partial charge in [0, 0.05) is 34.3 Å². The van der Waals surface area contributed by atoms with Crippen LogP contribution in [0.1, 0.15) is 61.8 Å². The summed E-state index contributed by atoms with van der Waals surface area (Å²) in [6.45, 7) is 11.4. The Morgan fingerprint density at radius 2 is 1.70 bits per heavy atom. The van der Waals surface area contributed by atoms with Crippen molar-refractivity contribution in [2.45, 2.75) is 109 Å². The standard InChI is InChI=1S/C24H39NO12/c1-13(26)32-12-18(34-14(2)27)24(30)10-17(36-20(31-9)19(24)35-15(3)28)16-11-33-23(7,8)25(16)21(29)37-22(4,5)6/h16-20,30H,10-12H2,1-9H3/t16-,17-,18-,19-,20-,24+/m0/s1. The van der Waals surface area contributed by atoms with Crippen LogP contribution in [-0.4, -0.2) is 102 Å². The van der Waals surface area contributed by atoms with Gasteiger partial charge in [-0.1, -0.05) is 0 Å². The molecule has 13 nitrogen and oxygen atoms in total. The van der Waals surface area contributed by atoms with E-state index in [9.17, 15) is 24.3 Å². The molecule has 13 heteroatoms. The van der Waals surface area contributed by atoms with Gasteiger partial charge in [0.05, 0.1) is 18.8 Å². The quantitative estimate of drug-likeness (QED) is 0.370. The summed E-state index contributed by atoms with van der Waals surface area (Å²) in [4.78, 5) is 50.0. The maximum atomic E-state index is 13.2. The lowest BCUT2D eigenvalue weighted by molar-refractivity contribution is -0.316. The lowest BCUT2D eigenvalue weighted by Crippen LogP contribution is -2.68. The largest absolute Gasteiger partial charge is 0.462 e. The number of aliphatic hydroxyl groups is 1. The molecule has 0 aromatic carbocycles. The summed E-state index contributed by atoms with van der Waals surface area (Å²) in [5.74, 6) is -2.22. The molecular weight excluding hydrogens is 494 g/mol. The van der Waals surface area contributed by atoms with E-state index >= 15 is 0 Å². The van der Waals surface area contributed by atoms with E-state index < -0.39 is 78.2 Å². The number of hydrogen-bond donors (Lipinski definition) is 1. The van der Waals surface area contributed by atoms with E-state index in [0.717, 1.165) is 20.8 Å². The van der Waals surface area contributed by atoms with E-state index in [0.29, 0.717) is 0 Å². The topological polar surface area (TPSA) is 156 Å². The number of amides is 1. The Morgan fingerprint density at radius 3 is 2.19 bits per heavy atom. The van der Waals surface area contributed by atoms with Gasteiger partial charge in [0.1, 0.15) is 23.5 Å². The fourth-order valence-corrected chi connectivity index (χ4v) is 4.47. The van der Waals surface area contributed by atoms with Crippen molar-refractivity contribution in [3.8, 4) is 0 Å². The van der Waals surface area contributed by atoms with Gasteiger partial charge in [-0.25, -0.2) is 4.79 Å². The van der Waals surface area contributed by atoms with Gasteiger partial charge in [-0.05, 0) is 34.6 Å². The molecule has 0 spiro atoms. The van der Waals surface area contributed by atoms with Gasteiger partial charge < -0.3 is 38.3 Å². The van der Waals surface area contributed by atoms with Crippen molar-refractivity contribution in [3.05, 3.63) is 0 Å². The van der Waals surface area contributed by atoms with Crippen molar-refractivity contribution in [1.29, 1.82) is 0 Å². The zero-order valence-corrected chi connectivity index (χ0v) is 22.9. The molecule has 2 aliphatic heterocycles. The fraction of sp³-hybridized carbons (Fsp3) is 0.833. The smallest absolute Gasteiger partial charge is 0.412 e. The summed E-state index contributed by atoms with van der Waals surface area (Å²) in [5.41, 5.74) is -4.03. The van der Waals surface area contributed by atoms with E-state index in [-0.39, 0.29) is 13.0 Å². The molecule has 2 rings (SSSR count). The van der Waals surface area contributed by atoms with Crippen molar-refractivity contribution in [2.24, 2.45) is 0 Å². The number of nitrogens with zero attached hydrogens (tertiary/aromatic N) is 1. The molecule has 0 radical (unpaired) electrons. The predicted octanol–water partition coefficient (Wildman–Crippen LogP) is 1.28. The van der Waals surface area contributed by atoms with E-state index in [1.54, 1.807) is 34.6 Å². The zero-order chi connectivity index (χ0) is 28.3. The highest BCUT2D eigenvalue weighted by atomic mass is 16.7. The van der Waals surface area contributed by atoms with Crippen LogP contribution in [0, 0.1) is 0 Å². The van der Waals surface area contributed by atoms with Gasteiger partial charge in [-0.2, -0.15) is 0 Å². The maximum absolute atomic E-state index is 13.2. The molecule has 0 saturated carbocycles. The Kier molecular flexibility index (Phi) is 9.56. The molecular formula is C24H39NO12. The van der Waals surface area contributed by atoms with Crippen LogP contribution in [0.3, 0.4) is 0 Å².